The van der Waals surface area contributed by atoms with Gasteiger partial charge in [-0.2, -0.15) is 0 Å². The topological polar surface area (TPSA) is 56.0 Å². The Kier molecular flexibility index (Phi) is 3.01. The largest absolute Gasteiger partial charge is 0.398 e. The van der Waals surface area contributed by atoms with Crippen molar-refractivity contribution in [2.75, 3.05) is 5.73 Å². The molecule has 0 aliphatic carbocycles. The van der Waals surface area contributed by atoms with E-state index in [0.29, 0.717) is 12.1 Å². The molecule has 18 heavy (non-hydrogen) atoms. The van der Waals surface area contributed by atoms with E-state index in [0.717, 1.165) is 0 Å². The third-order valence-electron chi connectivity index (χ3n) is 2.35. The summed E-state index contributed by atoms with van der Waals surface area (Å²) in [6.45, 7) is 0. The van der Waals surface area contributed by atoms with Gasteiger partial charge in [-0.15, -0.1) is 0 Å². The highest BCUT2D eigenvalue weighted by Crippen LogP contribution is 2.19. The van der Waals surface area contributed by atoms with E-state index >= 15 is 0 Å². The number of nitrogens with zero attached hydrogens (tertiary/aromatic N) is 1. The van der Waals surface area contributed by atoms with Gasteiger partial charge in [0, 0.05) is 23.6 Å². The molecule has 0 fully saturated rings. The molecule has 0 spiro atoms. The van der Waals surface area contributed by atoms with Gasteiger partial charge in [0.15, 0.2) is 23.2 Å². The molecule has 0 aliphatic heterocycles. The monoisotopic (exact) mass is 252 g/mol. The highest BCUT2D eigenvalue weighted by atomic mass is 19.2. The van der Waals surface area contributed by atoms with Crippen LogP contribution in [0.4, 0.5) is 18.9 Å². The number of carbonyl (C=O) groups excluding carboxylic acids is 1. The molecule has 0 atom stereocenters. The number of halogens is 3. The lowest BCUT2D eigenvalue weighted by Gasteiger charge is -2.05. The molecule has 2 aromatic rings. The highest BCUT2D eigenvalue weighted by Gasteiger charge is 2.17. The van der Waals surface area contributed by atoms with Crippen molar-refractivity contribution in [1.29, 1.82) is 0 Å². The van der Waals surface area contributed by atoms with Crippen molar-refractivity contribution in [3.8, 4) is 0 Å². The first-order valence-electron chi connectivity index (χ1n) is 4.89. The van der Waals surface area contributed by atoms with Crippen LogP contribution >= 0.6 is 0 Å². The van der Waals surface area contributed by atoms with Crippen molar-refractivity contribution in [2.45, 2.75) is 0 Å². The van der Waals surface area contributed by atoms with Gasteiger partial charge >= 0.3 is 0 Å². The van der Waals surface area contributed by atoms with E-state index in [-0.39, 0.29) is 16.8 Å². The fraction of sp³-hybridized carbons (Fsp3) is 0. The molecular weight excluding hydrogens is 245 g/mol. The molecule has 6 heteroatoms. The molecule has 1 aromatic heterocycles. The lowest BCUT2D eigenvalue weighted by Crippen LogP contribution is -2.07. The fourth-order valence-electron chi connectivity index (χ4n) is 1.44. The van der Waals surface area contributed by atoms with Crippen LogP contribution in [-0.2, 0) is 0 Å². The van der Waals surface area contributed by atoms with Crippen LogP contribution < -0.4 is 5.73 Å². The minimum absolute atomic E-state index is 0.00269. The lowest BCUT2D eigenvalue weighted by atomic mass is 10.0. The van der Waals surface area contributed by atoms with Crippen LogP contribution in [0.25, 0.3) is 0 Å². The summed E-state index contributed by atoms with van der Waals surface area (Å²) in [6, 6.07) is 2.61. The third-order valence-corrected chi connectivity index (χ3v) is 2.35. The van der Waals surface area contributed by atoms with Gasteiger partial charge in [0.05, 0.1) is 5.56 Å². The van der Waals surface area contributed by atoms with Crippen LogP contribution in [-0.4, -0.2) is 10.8 Å². The van der Waals surface area contributed by atoms with E-state index in [1.807, 2.05) is 0 Å². The number of nitrogen functional groups attached to an aromatic ring is 1. The zero-order valence-electron chi connectivity index (χ0n) is 8.95. The summed E-state index contributed by atoms with van der Waals surface area (Å²) in [4.78, 5) is 15.6. The molecule has 0 unspecified atom stereocenters. The summed E-state index contributed by atoms with van der Waals surface area (Å²) in [5.74, 6) is -5.20. The highest BCUT2D eigenvalue weighted by molar-refractivity contribution is 6.11. The molecule has 92 valence electrons. The molecule has 1 heterocycles. The normalized spacial score (nSPS) is 10.4. The second-order valence-electron chi connectivity index (χ2n) is 3.55. The lowest BCUT2D eigenvalue weighted by molar-refractivity contribution is 0.103. The number of hydrogen-bond acceptors (Lipinski definition) is 3. The second-order valence-corrected chi connectivity index (χ2v) is 3.55. The Morgan fingerprint density at radius 2 is 1.78 bits per heavy atom. The molecule has 1 aromatic carbocycles. The maximum absolute atomic E-state index is 13.0. The minimum atomic E-state index is -1.62. The molecule has 2 rings (SSSR count). The number of carbonyl (C=O) groups is 1. The van der Waals surface area contributed by atoms with E-state index < -0.39 is 23.2 Å². The van der Waals surface area contributed by atoms with Crippen molar-refractivity contribution < 1.29 is 18.0 Å². The van der Waals surface area contributed by atoms with Gasteiger partial charge in [0.25, 0.3) is 0 Å². The van der Waals surface area contributed by atoms with Crippen LogP contribution in [0.5, 0.6) is 0 Å². The van der Waals surface area contributed by atoms with Gasteiger partial charge in [-0.3, -0.25) is 9.78 Å². The average molecular weight is 252 g/mol. The van der Waals surface area contributed by atoms with Crippen molar-refractivity contribution in [3.05, 3.63) is 59.2 Å². The Balaban J connectivity index is 2.51. The molecular formula is C12H7F3N2O. The van der Waals surface area contributed by atoms with Crippen molar-refractivity contribution in [3.63, 3.8) is 0 Å². The van der Waals surface area contributed by atoms with Gasteiger partial charge in [0.2, 0.25) is 0 Å². The van der Waals surface area contributed by atoms with Crippen LogP contribution in [0, 0.1) is 17.5 Å². The number of pyridine rings is 1. The Morgan fingerprint density at radius 3 is 2.33 bits per heavy atom. The second kappa shape index (κ2) is 4.48. The zero-order valence-corrected chi connectivity index (χ0v) is 8.95. The van der Waals surface area contributed by atoms with Gasteiger partial charge in [-0.25, -0.2) is 13.2 Å². The summed E-state index contributed by atoms with van der Waals surface area (Å²) in [5, 5.41) is 0. The summed E-state index contributed by atoms with van der Waals surface area (Å²) in [5.41, 5.74) is 5.34. The first-order valence-corrected chi connectivity index (χ1v) is 4.89. The van der Waals surface area contributed by atoms with E-state index in [9.17, 15) is 18.0 Å². The van der Waals surface area contributed by atoms with Crippen LogP contribution in [0.2, 0.25) is 0 Å². The SMILES string of the molecule is Nc1ccncc1C(=O)c1cc(F)c(F)c(F)c1. The Bertz CT molecular complexity index is 605. The number of rotatable bonds is 2. The fourth-order valence-corrected chi connectivity index (χ4v) is 1.44. The van der Waals surface area contributed by atoms with Crippen LogP contribution in [0.3, 0.4) is 0 Å². The molecule has 3 nitrogen and oxygen atoms in total. The number of ketones is 1. The molecule has 0 radical (unpaired) electrons. The maximum atomic E-state index is 13.0. The summed E-state index contributed by atoms with van der Waals surface area (Å²) in [7, 11) is 0. The molecule has 0 saturated heterocycles. The van der Waals surface area contributed by atoms with Gasteiger partial charge in [-0.05, 0) is 18.2 Å². The number of benzene rings is 1. The standard InChI is InChI=1S/C12H7F3N2O/c13-8-3-6(4-9(14)11(8)15)12(18)7-5-17-2-1-10(7)16/h1-5H,(H2,16,17). The molecule has 2 N–H and O–H groups in total. The van der Waals surface area contributed by atoms with E-state index in [2.05, 4.69) is 4.98 Å². The molecule has 0 saturated carbocycles. The number of nitrogens with two attached hydrogens (primary N) is 1. The predicted octanol–water partition coefficient (Wildman–Crippen LogP) is 2.31. The van der Waals surface area contributed by atoms with Crippen LogP contribution in [0.15, 0.2) is 30.6 Å². The van der Waals surface area contributed by atoms with Crippen molar-refractivity contribution in [1.82, 2.24) is 4.98 Å². The first-order chi connectivity index (χ1) is 8.50. The molecule has 0 amide bonds. The summed E-state index contributed by atoms with van der Waals surface area (Å²) in [6.07, 6.45) is 2.55. The quantitative estimate of drug-likeness (QED) is 0.659. The van der Waals surface area contributed by atoms with E-state index in [1.165, 1.54) is 18.5 Å². The number of aromatic nitrogens is 1. The maximum Gasteiger partial charge on any atom is 0.196 e. The number of hydrogen-bond donors (Lipinski definition) is 1. The number of anilines is 1. The molecule has 0 aliphatic rings. The minimum Gasteiger partial charge on any atom is -0.398 e. The van der Waals surface area contributed by atoms with Gasteiger partial charge in [-0.1, -0.05) is 0 Å². The zero-order chi connectivity index (χ0) is 13.3. The molecule has 0 bridgehead atoms. The van der Waals surface area contributed by atoms with Gasteiger partial charge in [0.1, 0.15) is 0 Å². The predicted molar refractivity (Wildman–Crippen MR) is 58.4 cm³/mol. The Hall–Kier alpha value is -2.37. The van der Waals surface area contributed by atoms with E-state index in [4.69, 9.17) is 5.73 Å². The van der Waals surface area contributed by atoms with Crippen molar-refractivity contribution >= 4 is 11.5 Å². The first kappa shape index (κ1) is 12.1. The van der Waals surface area contributed by atoms with E-state index in [1.54, 1.807) is 0 Å². The van der Waals surface area contributed by atoms with Crippen molar-refractivity contribution in [2.24, 2.45) is 0 Å². The Labute approximate surface area is 100 Å². The summed E-state index contributed by atoms with van der Waals surface area (Å²) < 4.78 is 38.8. The van der Waals surface area contributed by atoms with Crippen LogP contribution in [0.1, 0.15) is 15.9 Å². The summed E-state index contributed by atoms with van der Waals surface area (Å²) >= 11 is 0. The third kappa shape index (κ3) is 2.04. The van der Waals surface area contributed by atoms with Gasteiger partial charge < -0.3 is 5.73 Å². The smallest absolute Gasteiger partial charge is 0.196 e. The Morgan fingerprint density at radius 1 is 1.17 bits per heavy atom. The average Bonchev–Trinajstić information content (AvgIpc) is 2.35.